The molecule has 0 spiro atoms. The summed E-state index contributed by atoms with van der Waals surface area (Å²) in [4.78, 5) is 0. The van der Waals surface area contributed by atoms with E-state index >= 15 is 0 Å². The van der Waals surface area contributed by atoms with E-state index in [9.17, 15) is 4.39 Å². The Morgan fingerprint density at radius 1 is 1.57 bits per heavy atom. The first-order chi connectivity index (χ1) is 6.76. The van der Waals surface area contributed by atoms with Crippen LogP contribution in [0.1, 0.15) is 17.9 Å². The Hall–Kier alpha value is -1.09. The highest BCUT2D eigenvalue weighted by atomic mass is 19.1. The van der Waals surface area contributed by atoms with Crippen LogP contribution in [0.15, 0.2) is 18.2 Å². The van der Waals surface area contributed by atoms with E-state index in [4.69, 9.17) is 9.84 Å². The first kappa shape index (κ1) is 9.46. The van der Waals surface area contributed by atoms with Gasteiger partial charge in [0.2, 0.25) is 0 Å². The standard InChI is InChI=1S/C11H13FO2/c1-14-11-3-2-7(5-10(11)12)9-4-8(9)6-13/h2-3,5,8-9,13H,4,6H2,1H3. The zero-order valence-electron chi connectivity index (χ0n) is 8.03. The topological polar surface area (TPSA) is 29.5 Å². The van der Waals surface area contributed by atoms with E-state index in [1.165, 1.54) is 13.2 Å². The van der Waals surface area contributed by atoms with Crippen LogP contribution >= 0.6 is 0 Å². The SMILES string of the molecule is COc1ccc(C2CC2CO)cc1F. The van der Waals surface area contributed by atoms with Gasteiger partial charge in [-0.1, -0.05) is 6.07 Å². The lowest BCUT2D eigenvalue weighted by atomic mass is 10.1. The molecule has 0 radical (unpaired) electrons. The molecule has 1 aromatic rings. The number of hydrogen-bond donors (Lipinski definition) is 1. The summed E-state index contributed by atoms with van der Waals surface area (Å²) in [5.41, 5.74) is 0.961. The third-order valence-electron chi connectivity index (χ3n) is 2.76. The summed E-state index contributed by atoms with van der Waals surface area (Å²) in [7, 11) is 1.45. The highest BCUT2D eigenvalue weighted by molar-refractivity contribution is 5.34. The van der Waals surface area contributed by atoms with Crippen LogP contribution in [0.5, 0.6) is 5.75 Å². The molecule has 3 heteroatoms. The normalized spacial score (nSPS) is 24.8. The Bertz CT molecular complexity index is 338. The molecule has 2 nitrogen and oxygen atoms in total. The van der Waals surface area contributed by atoms with Gasteiger partial charge in [0.25, 0.3) is 0 Å². The highest BCUT2D eigenvalue weighted by Crippen LogP contribution is 2.47. The minimum atomic E-state index is -0.325. The summed E-state index contributed by atoms with van der Waals surface area (Å²) in [5.74, 6) is 0.603. The van der Waals surface area contributed by atoms with E-state index in [0.29, 0.717) is 11.8 Å². The average Bonchev–Trinajstić information content (AvgIpc) is 2.96. The largest absolute Gasteiger partial charge is 0.494 e. The molecule has 0 amide bonds. The van der Waals surface area contributed by atoms with E-state index in [-0.39, 0.29) is 18.2 Å². The van der Waals surface area contributed by atoms with Crippen LogP contribution in [0.25, 0.3) is 0 Å². The fourth-order valence-electron chi connectivity index (χ4n) is 1.77. The van der Waals surface area contributed by atoms with Crippen molar-refractivity contribution in [2.45, 2.75) is 12.3 Å². The lowest BCUT2D eigenvalue weighted by Gasteiger charge is -2.04. The average molecular weight is 196 g/mol. The van der Waals surface area contributed by atoms with Crippen LogP contribution in [0, 0.1) is 11.7 Å². The molecule has 0 aliphatic heterocycles. The van der Waals surface area contributed by atoms with Gasteiger partial charge in [-0.2, -0.15) is 0 Å². The minimum absolute atomic E-state index is 0.193. The van der Waals surface area contributed by atoms with Gasteiger partial charge in [0.05, 0.1) is 7.11 Å². The Balaban J connectivity index is 2.17. The number of hydrogen-bond acceptors (Lipinski definition) is 2. The van der Waals surface area contributed by atoms with E-state index in [0.717, 1.165) is 12.0 Å². The maximum atomic E-state index is 13.3. The van der Waals surface area contributed by atoms with E-state index in [1.807, 2.05) is 6.07 Å². The molecule has 1 aliphatic rings. The zero-order valence-corrected chi connectivity index (χ0v) is 8.03. The molecule has 0 bridgehead atoms. The van der Waals surface area contributed by atoms with Crippen molar-refractivity contribution in [2.24, 2.45) is 5.92 Å². The number of aliphatic hydroxyl groups excluding tert-OH is 1. The molecule has 14 heavy (non-hydrogen) atoms. The van der Waals surface area contributed by atoms with Crippen LogP contribution in [-0.4, -0.2) is 18.8 Å². The van der Waals surface area contributed by atoms with Gasteiger partial charge in [0, 0.05) is 6.61 Å². The second-order valence-electron chi connectivity index (χ2n) is 3.68. The Labute approximate surface area is 82.3 Å². The summed E-state index contributed by atoms with van der Waals surface area (Å²) in [6.45, 7) is 0.193. The van der Waals surface area contributed by atoms with E-state index < -0.39 is 0 Å². The summed E-state index contributed by atoms with van der Waals surface area (Å²) in [6.07, 6.45) is 0.961. The van der Waals surface area contributed by atoms with Crippen molar-refractivity contribution in [3.8, 4) is 5.75 Å². The summed E-state index contributed by atoms with van der Waals surface area (Å²) < 4.78 is 18.1. The molecule has 0 saturated heterocycles. The number of ether oxygens (including phenoxy) is 1. The van der Waals surface area contributed by atoms with E-state index in [2.05, 4.69) is 0 Å². The first-order valence-corrected chi connectivity index (χ1v) is 4.70. The predicted molar refractivity (Wildman–Crippen MR) is 50.9 cm³/mol. The minimum Gasteiger partial charge on any atom is -0.494 e. The fraction of sp³-hybridized carbons (Fsp3) is 0.455. The van der Waals surface area contributed by atoms with Gasteiger partial charge in [-0.25, -0.2) is 4.39 Å². The molecule has 76 valence electrons. The van der Waals surface area contributed by atoms with Crippen LogP contribution in [-0.2, 0) is 0 Å². The van der Waals surface area contributed by atoms with Crippen molar-refractivity contribution in [1.82, 2.24) is 0 Å². The van der Waals surface area contributed by atoms with Crippen molar-refractivity contribution in [3.05, 3.63) is 29.6 Å². The maximum Gasteiger partial charge on any atom is 0.165 e. The molecule has 2 unspecified atom stereocenters. The van der Waals surface area contributed by atoms with Gasteiger partial charge in [-0.05, 0) is 36.0 Å². The lowest BCUT2D eigenvalue weighted by molar-refractivity contribution is 0.274. The molecular formula is C11H13FO2. The Kier molecular flexibility index (Phi) is 2.42. The summed E-state index contributed by atoms with van der Waals surface area (Å²) >= 11 is 0. The quantitative estimate of drug-likeness (QED) is 0.800. The number of benzene rings is 1. The molecule has 0 heterocycles. The predicted octanol–water partition coefficient (Wildman–Crippen LogP) is 1.93. The number of rotatable bonds is 3. The molecule has 1 N–H and O–H groups in total. The van der Waals surface area contributed by atoms with Crippen molar-refractivity contribution in [3.63, 3.8) is 0 Å². The summed E-state index contributed by atoms with van der Waals surface area (Å²) in [5, 5.41) is 8.89. The number of aliphatic hydroxyl groups is 1. The summed E-state index contributed by atoms with van der Waals surface area (Å²) in [6, 6.07) is 5.00. The van der Waals surface area contributed by atoms with Crippen molar-refractivity contribution in [2.75, 3.05) is 13.7 Å². The smallest absolute Gasteiger partial charge is 0.165 e. The monoisotopic (exact) mass is 196 g/mol. The van der Waals surface area contributed by atoms with Gasteiger partial charge in [0.1, 0.15) is 0 Å². The van der Waals surface area contributed by atoms with Crippen LogP contribution in [0.3, 0.4) is 0 Å². The third kappa shape index (κ3) is 1.60. The third-order valence-corrected chi connectivity index (χ3v) is 2.76. The van der Waals surface area contributed by atoms with Gasteiger partial charge in [0.15, 0.2) is 11.6 Å². The lowest BCUT2D eigenvalue weighted by Crippen LogP contribution is -1.92. The van der Waals surface area contributed by atoms with Gasteiger partial charge >= 0.3 is 0 Å². The number of halogens is 1. The molecule has 1 aromatic carbocycles. The van der Waals surface area contributed by atoms with Gasteiger partial charge in [-0.15, -0.1) is 0 Å². The highest BCUT2D eigenvalue weighted by Gasteiger charge is 2.37. The number of methoxy groups -OCH3 is 1. The van der Waals surface area contributed by atoms with Crippen LogP contribution in [0.4, 0.5) is 4.39 Å². The Morgan fingerprint density at radius 3 is 2.86 bits per heavy atom. The molecule has 0 aromatic heterocycles. The second kappa shape index (κ2) is 3.58. The molecule has 2 atom stereocenters. The maximum absolute atomic E-state index is 13.3. The van der Waals surface area contributed by atoms with Gasteiger partial charge < -0.3 is 9.84 Å². The fourth-order valence-corrected chi connectivity index (χ4v) is 1.77. The van der Waals surface area contributed by atoms with Gasteiger partial charge in [-0.3, -0.25) is 0 Å². The van der Waals surface area contributed by atoms with Crippen LogP contribution < -0.4 is 4.74 Å². The first-order valence-electron chi connectivity index (χ1n) is 4.70. The molecule has 1 aliphatic carbocycles. The zero-order chi connectivity index (χ0) is 10.1. The van der Waals surface area contributed by atoms with Crippen molar-refractivity contribution < 1.29 is 14.2 Å². The van der Waals surface area contributed by atoms with Crippen LogP contribution in [0.2, 0.25) is 0 Å². The second-order valence-corrected chi connectivity index (χ2v) is 3.68. The molecular weight excluding hydrogens is 183 g/mol. The van der Waals surface area contributed by atoms with E-state index in [1.54, 1.807) is 6.07 Å². The molecule has 1 saturated carbocycles. The van der Waals surface area contributed by atoms with Crippen molar-refractivity contribution in [1.29, 1.82) is 0 Å². The van der Waals surface area contributed by atoms with Crippen molar-refractivity contribution >= 4 is 0 Å². The molecule has 2 rings (SSSR count). The Morgan fingerprint density at radius 2 is 2.36 bits per heavy atom. The molecule has 1 fully saturated rings.